The Kier molecular flexibility index (Phi) is 6.38. The van der Waals surface area contributed by atoms with Crippen LogP contribution in [-0.4, -0.2) is 22.8 Å². The molecule has 140 valence electrons. The molecule has 6 nitrogen and oxygen atoms in total. The topological polar surface area (TPSA) is 84.2 Å². The average molecular weight is 383 g/mol. The summed E-state index contributed by atoms with van der Waals surface area (Å²) in [5.41, 5.74) is 1.21. The van der Waals surface area contributed by atoms with Crippen LogP contribution in [-0.2, 0) is 17.6 Å². The van der Waals surface area contributed by atoms with Crippen LogP contribution in [0.15, 0.2) is 58.5 Å². The highest BCUT2D eigenvalue weighted by Gasteiger charge is 2.13. The molecule has 0 aliphatic rings. The lowest BCUT2D eigenvalue weighted by Gasteiger charge is -2.12. The number of hydrogen-bond acceptors (Lipinski definition) is 5. The highest BCUT2D eigenvalue weighted by Crippen LogP contribution is 2.17. The maximum atomic E-state index is 12.2. The molecule has 0 radical (unpaired) electrons. The monoisotopic (exact) mass is 383 g/mol. The van der Waals surface area contributed by atoms with Gasteiger partial charge in [-0.05, 0) is 37.6 Å². The molecule has 2 heterocycles. The molecular formula is C20H21N3O3S. The summed E-state index contributed by atoms with van der Waals surface area (Å²) in [6.45, 7) is 1.97. The van der Waals surface area contributed by atoms with E-state index in [0.29, 0.717) is 16.4 Å². The maximum Gasteiger partial charge on any atom is 0.257 e. The molecule has 2 amide bonds. The molecule has 3 aromatic rings. The van der Waals surface area contributed by atoms with E-state index in [0.717, 1.165) is 18.6 Å². The number of thiazole rings is 1. The van der Waals surface area contributed by atoms with Crippen molar-refractivity contribution in [3.63, 3.8) is 0 Å². The number of amides is 2. The van der Waals surface area contributed by atoms with E-state index in [-0.39, 0.29) is 24.3 Å². The molecule has 1 unspecified atom stereocenters. The van der Waals surface area contributed by atoms with Gasteiger partial charge in [-0.15, -0.1) is 11.3 Å². The number of rotatable bonds is 8. The summed E-state index contributed by atoms with van der Waals surface area (Å²) in [6, 6.07) is 12.8. The van der Waals surface area contributed by atoms with Gasteiger partial charge in [0.25, 0.3) is 5.91 Å². The van der Waals surface area contributed by atoms with Gasteiger partial charge in [-0.2, -0.15) is 0 Å². The molecular weight excluding hydrogens is 362 g/mol. The van der Waals surface area contributed by atoms with Crippen molar-refractivity contribution in [2.75, 3.05) is 5.32 Å². The summed E-state index contributed by atoms with van der Waals surface area (Å²) >= 11 is 1.31. The molecule has 0 fully saturated rings. The Hall–Kier alpha value is -2.93. The van der Waals surface area contributed by atoms with Crippen LogP contribution in [0.1, 0.15) is 35.2 Å². The average Bonchev–Trinajstić information content (AvgIpc) is 3.32. The number of furan rings is 1. The molecule has 0 aliphatic heterocycles. The Morgan fingerprint density at radius 1 is 1.19 bits per heavy atom. The summed E-state index contributed by atoms with van der Waals surface area (Å²) in [5.74, 6) is 0.607. The zero-order valence-electron chi connectivity index (χ0n) is 15.0. The van der Waals surface area contributed by atoms with Gasteiger partial charge in [0.2, 0.25) is 5.91 Å². The molecule has 0 spiro atoms. The van der Waals surface area contributed by atoms with Crippen LogP contribution < -0.4 is 10.6 Å². The third kappa shape index (κ3) is 5.79. The van der Waals surface area contributed by atoms with Crippen LogP contribution in [0.2, 0.25) is 0 Å². The van der Waals surface area contributed by atoms with Crippen LogP contribution in [0.4, 0.5) is 5.13 Å². The molecule has 1 aromatic carbocycles. The Balaban J connectivity index is 1.45. The normalized spacial score (nSPS) is 11.7. The second kappa shape index (κ2) is 9.14. The highest BCUT2D eigenvalue weighted by molar-refractivity contribution is 7.14. The lowest BCUT2D eigenvalue weighted by atomic mass is 10.1. The van der Waals surface area contributed by atoms with Crippen LogP contribution in [0, 0.1) is 0 Å². The zero-order chi connectivity index (χ0) is 19.1. The molecule has 0 aliphatic carbocycles. The summed E-state index contributed by atoms with van der Waals surface area (Å²) in [4.78, 5) is 28.6. The first kappa shape index (κ1) is 18.8. The van der Waals surface area contributed by atoms with Gasteiger partial charge in [0.1, 0.15) is 5.76 Å². The van der Waals surface area contributed by atoms with Gasteiger partial charge in [-0.25, -0.2) is 4.98 Å². The van der Waals surface area contributed by atoms with Crippen molar-refractivity contribution < 1.29 is 14.0 Å². The smallest absolute Gasteiger partial charge is 0.257 e. The lowest BCUT2D eigenvalue weighted by molar-refractivity contribution is -0.121. The number of aromatic nitrogens is 1. The highest BCUT2D eigenvalue weighted by atomic mass is 32.1. The van der Waals surface area contributed by atoms with Gasteiger partial charge in [0, 0.05) is 23.4 Å². The SMILES string of the molecule is CC(CCc1ccco1)NC(=O)Cc1csc(NC(=O)c2ccccc2)n1. The summed E-state index contributed by atoms with van der Waals surface area (Å²) in [6.07, 6.45) is 3.41. The van der Waals surface area contributed by atoms with Crippen molar-refractivity contribution in [2.24, 2.45) is 0 Å². The van der Waals surface area contributed by atoms with E-state index in [1.807, 2.05) is 25.1 Å². The molecule has 0 saturated carbocycles. The third-order valence-electron chi connectivity index (χ3n) is 3.96. The number of aryl methyl sites for hydroxylation is 1. The molecule has 7 heteroatoms. The second-order valence-corrected chi connectivity index (χ2v) is 7.09. The van der Waals surface area contributed by atoms with Gasteiger partial charge < -0.3 is 9.73 Å². The fourth-order valence-corrected chi connectivity index (χ4v) is 3.29. The minimum Gasteiger partial charge on any atom is -0.469 e. The number of anilines is 1. The molecule has 0 bridgehead atoms. The van der Waals surface area contributed by atoms with E-state index in [1.165, 1.54) is 11.3 Å². The number of carbonyl (C=O) groups excluding carboxylic acids is 2. The third-order valence-corrected chi connectivity index (χ3v) is 4.77. The van der Waals surface area contributed by atoms with Crippen molar-refractivity contribution in [2.45, 2.75) is 32.2 Å². The van der Waals surface area contributed by atoms with E-state index in [1.54, 1.807) is 35.9 Å². The standard InChI is InChI=1S/C20H21N3O3S/c1-14(9-10-17-8-5-11-26-17)21-18(24)12-16-13-27-20(22-16)23-19(25)15-6-3-2-4-7-15/h2-8,11,13-14H,9-10,12H2,1H3,(H,21,24)(H,22,23,25). The van der Waals surface area contributed by atoms with Crippen LogP contribution in [0.25, 0.3) is 0 Å². The molecule has 2 aromatic heterocycles. The van der Waals surface area contributed by atoms with Crippen LogP contribution >= 0.6 is 11.3 Å². The zero-order valence-corrected chi connectivity index (χ0v) is 15.8. The van der Waals surface area contributed by atoms with Crippen molar-refractivity contribution in [1.82, 2.24) is 10.3 Å². The summed E-state index contributed by atoms with van der Waals surface area (Å²) < 4.78 is 5.30. The van der Waals surface area contributed by atoms with E-state index < -0.39 is 0 Å². The van der Waals surface area contributed by atoms with Gasteiger partial charge in [0.15, 0.2) is 5.13 Å². The van der Waals surface area contributed by atoms with Gasteiger partial charge in [-0.3, -0.25) is 14.9 Å². The van der Waals surface area contributed by atoms with Gasteiger partial charge >= 0.3 is 0 Å². The Morgan fingerprint density at radius 2 is 2.00 bits per heavy atom. The second-order valence-electron chi connectivity index (χ2n) is 6.23. The van der Waals surface area contributed by atoms with E-state index in [4.69, 9.17) is 4.42 Å². The van der Waals surface area contributed by atoms with Crippen molar-refractivity contribution in [3.8, 4) is 0 Å². The Labute approximate surface area is 161 Å². The Bertz CT molecular complexity index is 875. The number of nitrogens with one attached hydrogen (secondary N) is 2. The fraction of sp³-hybridized carbons (Fsp3) is 0.250. The predicted octanol–water partition coefficient (Wildman–Crippen LogP) is 3.67. The lowest BCUT2D eigenvalue weighted by Crippen LogP contribution is -2.34. The molecule has 0 saturated heterocycles. The van der Waals surface area contributed by atoms with E-state index in [2.05, 4.69) is 15.6 Å². The number of carbonyl (C=O) groups is 2. The van der Waals surface area contributed by atoms with E-state index >= 15 is 0 Å². The molecule has 27 heavy (non-hydrogen) atoms. The molecule has 2 N–H and O–H groups in total. The first-order chi connectivity index (χ1) is 13.1. The number of benzene rings is 1. The van der Waals surface area contributed by atoms with Crippen LogP contribution in [0.5, 0.6) is 0 Å². The fourth-order valence-electron chi connectivity index (χ4n) is 2.58. The first-order valence-corrected chi connectivity index (χ1v) is 9.60. The maximum absolute atomic E-state index is 12.2. The summed E-state index contributed by atoms with van der Waals surface area (Å²) in [7, 11) is 0. The van der Waals surface area contributed by atoms with Crippen LogP contribution in [0.3, 0.4) is 0 Å². The van der Waals surface area contributed by atoms with Crippen molar-refractivity contribution in [3.05, 3.63) is 71.1 Å². The van der Waals surface area contributed by atoms with E-state index in [9.17, 15) is 9.59 Å². The van der Waals surface area contributed by atoms with Gasteiger partial charge in [0.05, 0.1) is 18.4 Å². The largest absolute Gasteiger partial charge is 0.469 e. The first-order valence-electron chi connectivity index (χ1n) is 8.72. The predicted molar refractivity (Wildman–Crippen MR) is 105 cm³/mol. The molecule has 1 atom stereocenters. The summed E-state index contributed by atoms with van der Waals surface area (Å²) in [5, 5.41) is 7.99. The number of hydrogen-bond donors (Lipinski definition) is 2. The molecule has 3 rings (SSSR count). The minimum absolute atomic E-state index is 0.0403. The Morgan fingerprint density at radius 3 is 2.74 bits per heavy atom. The van der Waals surface area contributed by atoms with Crippen molar-refractivity contribution >= 4 is 28.3 Å². The quantitative estimate of drug-likeness (QED) is 0.622. The number of nitrogens with zero attached hydrogens (tertiary/aromatic N) is 1. The van der Waals surface area contributed by atoms with Gasteiger partial charge in [-0.1, -0.05) is 18.2 Å². The van der Waals surface area contributed by atoms with Crippen molar-refractivity contribution in [1.29, 1.82) is 0 Å². The minimum atomic E-state index is -0.215.